The summed E-state index contributed by atoms with van der Waals surface area (Å²) in [6, 6.07) is 21.3. The highest BCUT2D eigenvalue weighted by Crippen LogP contribution is 2.40. The van der Waals surface area contributed by atoms with E-state index >= 15 is 0 Å². The van der Waals surface area contributed by atoms with E-state index in [1.807, 2.05) is 54.7 Å². The van der Waals surface area contributed by atoms with Crippen molar-refractivity contribution in [3.8, 4) is 17.6 Å². The Morgan fingerprint density at radius 2 is 1.51 bits per heavy atom. The quantitative estimate of drug-likeness (QED) is 0.0796. The Morgan fingerprint density at radius 3 is 2.13 bits per heavy atom. The molecule has 0 saturated carbocycles. The molecule has 0 radical (unpaired) electrons. The highest BCUT2D eigenvalue weighted by molar-refractivity contribution is 6.32. The molecule has 4 saturated heterocycles. The van der Waals surface area contributed by atoms with Crippen LogP contribution in [0, 0.1) is 29.1 Å². The number of imide groups is 1. The number of hydrogen-bond donors (Lipinski definition) is 2. The van der Waals surface area contributed by atoms with Gasteiger partial charge in [-0.1, -0.05) is 37.6 Å². The topological polar surface area (TPSA) is 188 Å². The molecule has 4 aliphatic rings. The number of ether oxygens (including phenoxy) is 2. The van der Waals surface area contributed by atoms with Gasteiger partial charge in [0.25, 0.3) is 0 Å². The average Bonchev–Trinajstić information content (AvgIpc) is 3.65. The first-order chi connectivity index (χ1) is 35.8. The third-order valence-corrected chi connectivity index (χ3v) is 15.8. The van der Waals surface area contributed by atoms with Crippen molar-refractivity contribution in [1.29, 1.82) is 5.26 Å². The monoisotopic (exact) mass is 1080 g/mol. The Hall–Kier alpha value is -6.36. The highest BCUT2D eigenvalue weighted by atomic mass is 35.5. The van der Waals surface area contributed by atoms with E-state index in [0.717, 1.165) is 103 Å². The smallest absolute Gasteiger partial charge is 0.489 e. The van der Waals surface area contributed by atoms with Gasteiger partial charge >= 0.3 is 17.8 Å². The predicted molar refractivity (Wildman–Crippen MR) is 279 cm³/mol. The van der Waals surface area contributed by atoms with Gasteiger partial charge in [-0.25, -0.2) is 19.6 Å². The maximum absolute atomic E-state index is 13.3. The number of hydrogen-bond acceptors (Lipinski definition) is 12. The SMILES string of the molecule is Cn1c(=O)n(C2CCC(=O)NC2=O)c2ccc(N3CCC(C4CCN(CC5CCN(c6nccc(COc7ccc(C(C)(C)c8cc(Cl)c(OCCCl)c(C#N)c8)cc7)n6)CC5)CC4)CC3)cc21.O=C(O)C(F)(F)F. The fourth-order valence-corrected chi connectivity index (χ4v) is 11.3. The van der Waals surface area contributed by atoms with E-state index in [-0.39, 0.29) is 24.6 Å². The van der Waals surface area contributed by atoms with Crippen molar-refractivity contribution in [2.75, 3.05) is 68.1 Å². The molecular weight excluding hydrogens is 1010 g/mol. The molecule has 2 N–H and O–H groups in total. The Kier molecular flexibility index (Phi) is 17.3. The number of benzene rings is 3. The molecule has 9 rings (SSSR count). The number of anilines is 2. The molecule has 4 fully saturated rings. The van der Waals surface area contributed by atoms with Gasteiger partial charge in [0, 0.05) is 63.5 Å². The minimum absolute atomic E-state index is 0.229. The number of fused-ring (bicyclic) bond motifs is 1. The van der Waals surface area contributed by atoms with Crippen molar-refractivity contribution in [3.63, 3.8) is 0 Å². The number of amides is 2. The lowest BCUT2D eigenvalue weighted by Gasteiger charge is -2.42. The van der Waals surface area contributed by atoms with E-state index in [4.69, 9.17) is 47.6 Å². The summed E-state index contributed by atoms with van der Waals surface area (Å²) in [5, 5.41) is 19.7. The van der Waals surface area contributed by atoms with Gasteiger partial charge in [-0.05, 0) is 135 Å². The molecule has 16 nitrogen and oxygen atoms in total. The Morgan fingerprint density at radius 1 is 0.853 bits per heavy atom. The van der Waals surface area contributed by atoms with Crippen LogP contribution in [-0.2, 0) is 33.5 Å². The Balaban J connectivity index is 0.000000997. The van der Waals surface area contributed by atoms with Crippen molar-refractivity contribution in [3.05, 3.63) is 105 Å². The zero-order chi connectivity index (χ0) is 53.6. The van der Waals surface area contributed by atoms with Crippen LogP contribution < -0.4 is 30.3 Å². The number of carboxylic acids is 1. The minimum Gasteiger partial charge on any atom is -0.489 e. The highest BCUT2D eigenvalue weighted by Gasteiger charge is 2.38. The third kappa shape index (κ3) is 12.8. The molecule has 0 bridgehead atoms. The van der Waals surface area contributed by atoms with Crippen molar-refractivity contribution < 1.29 is 42.1 Å². The van der Waals surface area contributed by atoms with Gasteiger partial charge in [0.1, 0.15) is 31.1 Å². The number of nitriles is 1. The summed E-state index contributed by atoms with van der Waals surface area (Å²) in [6.45, 7) is 12.2. The molecule has 21 heteroatoms. The Labute approximate surface area is 443 Å². The molecule has 0 aliphatic carbocycles. The van der Waals surface area contributed by atoms with Crippen LogP contribution in [0.2, 0.25) is 5.02 Å². The largest absolute Gasteiger partial charge is 0.490 e. The lowest BCUT2D eigenvalue weighted by atomic mass is 9.77. The van der Waals surface area contributed by atoms with Crippen LogP contribution in [0.25, 0.3) is 11.0 Å². The number of aryl methyl sites for hydroxylation is 1. The van der Waals surface area contributed by atoms with Crippen LogP contribution >= 0.6 is 23.2 Å². The molecule has 6 heterocycles. The van der Waals surface area contributed by atoms with E-state index in [1.54, 1.807) is 16.2 Å². The fourth-order valence-electron chi connectivity index (χ4n) is 10.9. The van der Waals surface area contributed by atoms with Gasteiger partial charge in [-0.3, -0.25) is 24.0 Å². The number of likely N-dealkylation sites (tertiary alicyclic amines) is 1. The number of rotatable bonds is 14. The standard InChI is InChI=1S/C52H61Cl2N9O5.C2HF3O2/c1-52(2,39-28-37(31-55)48(43(54)29-39)67-27-19-53)38-4-7-42(8-5-38)68-33-40-12-20-56-50(57-40)62-23-13-34(14-24-62)32-60-21-15-35(16-22-60)36-17-25-61(26-18-36)41-6-9-44-46(30-41)59(3)51(66)63(44)45-10-11-47(64)58-49(45)65;3-2(4,5)1(6)7/h4-9,12,20,28-30,34-36,45H,10-11,13-19,21-27,32-33H2,1-3H3,(H,58,64,65);(H,6,7). The van der Waals surface area contributed by atoms with Crippen LogP contribution in [-0.4, -0.2) is 111 Å². The summed E-state index contributed by atoms with van der Waals surface area (Å²) in [7, 11) is 1.76. The molecular formula is C54H62Cl2F3N9O7. The van der Waals surface area contributed by atoms with Crippen LogP contribution in [0.15, 0.2) is 71.7 Å². The molecule has 4 aliphatic heterocycles. The number of aromatic nitrogens is 4. The second-order valence-electron chi connectivity index (χ2n) is 20.3. The Bertz CT molecular complexity index is 2960. The number of imidazole rings is 1. The second-order valence-corrected chi connectivity index (χ2v) is 21.1. The lowest BCUT2D eigenvalue weighted by Crippen LogP contribution is -2.44. The zero-order valence-electron chi connectivity index (χ0n) is 42.3. The number of piperidine rings is 4. The summed E-state index contributed by atoms with van der Waals surface area (Å²) in [5.41, 5.74) is 5.14. The minimum atomic E-state index is -5.08. The summed E-state index contributed by atoms with van der Waals surface area (Å²) in [4.78, 5) is 63.6. The van der Waals surface area contributed by atoms with Crippen molar-refractivity contribution in [1.82, 2.24) is 29.3 Å². The van der Waals surface area contributed by atoms with E-state index in [1.165, 1.54) is 38.8 Å². The number of nitrogens with one attached hydrogen (secondary N) is 1. The fraction of sp³-hybridized carbons (Fsp3) is 0.500. The summed E-state index contributed by atoms with van der Waals surface area (Å²) >= 11 is 12.4. The number of nitrogens with zero attached hydrogens (tertiary/aromatic N) is 8. The molecule has 400 valence electrons. The van der Waals surface area contributed by atoms with E-state index < -0.39 is 29.5 Å². The van der Waals surface area contributed by atoms with E-state index in [2.05, 4.69) is 57.0 Å². The normalized spacial score (nSPS) is 18.6. The molecule has 0 spiro atoms. The van der Waals surface area contributed by atoms with E-state index in [9.17, 15) is 32.8 Å². The maximum atomic E-state index is 13.3. The maximum Gasteiger partial charge on any atom is 0.490 e. The molecule has 1 atom stereocenters. The molecule has 3 aromatic carbocycles. The van der Waals surface area contributed by atoms with Crippen LogP contribution in [0.4, 0.5) is 24.8 Å². The van der Waals surface area contributed by atoms with Gasteiger partial charge in [-0.15, -0.1) is 11.6 Å². The zero-order valence-corrected chi connectivity index (χ0v) is 43.8. The first-order valence-electron chi connectivity index (χ1n) is 25.4. The van der Waals surface area contributed by atoms with Crippen LogP contribution in [0.3, 0.4) is 0 Å². The summed E-state index contributed by atoms with van der Waals surface area (Å²) in [6.07, 6.45) is 4.42. The molecule has 1 unspecified atom stereocenters. The number of aliphatic carboxylic acids is 1. The number of alkyl halides is 4. The van der Waals surface area contributed by atoms with Crippen LogP contribution in [0.5, 0.6) is 11.5 Å². The lowest BCUT2D eigenvalue weighted by molar-refractivity contribution is -0.192. The second kappa shape index (κ2) is 23.7. The van der Waals surface area contributed by atoms with Crippen molar-refractivity contribution >= 4 is 63.7 Å². The van der Waals surface area contributed by atoms with Gasteiger partial charge in [0.2, 0.25) is 17.8 Å². The third-order valence-electron chi connectivity index (χ3n) is 15.3. The average molecular weight is 1080 g/mol. The number of halogens is 5. The molecule has 2 aromatic heterocycles. The number of carboxylic acid groups (broad SMARTS) is 1. The summed E-state index contributed by atoms with van der Waals surface area (Å²) < 4.78 is 46.8. The first-order valence-corrected chi connectivity index (χ1v) is 26.3. The van der Waals surface area contributed by atoms with E-state index in [0.29, 0.717) is 41.2 Å². The summed E-state index contributed by atoms with van der Waals surface area (Å²) in [5.74, 6) is 0.873. The predicted octanol–water partition coefficient (Wildman–Crippen LogP) is 8.63. The van der Waals surface area contributed by atoms with Gasteiger partial charge < -0.3 is 29.3 Å². The van der Waals surface area contributed by atoms with Crippen molar-refractivity contribution in [2.24, 2.45) is 24.8 Å². The van der Waals surface area contributed by atoms with Crippen molar-refractivity contribution in [2.45, 2.75) is 89.5 Å². The van der Waals surface area contributed by atoms with Gasteiger partial charge in [-0.2, -0.15) is 18.4 Å². The first kappa shape index (κ1) is 54.9. The van der Waals surface area contributed by atoms with Gasteiger partial charge in [0.15, 0.2) is 5.75 Å². The molecule has 75 heavy (non-hydrogen) atoms. The van der Waals surface area contributed by atoms with Crippen LogP contribution in [0.1, 0.15) is 93.6 Å². The molecule has 5 aromatic rings. The number of carbonyl (C=O) groups is 3. The molecule has 2 amide bonds. The van der Waals surface area contributed by atoms with Gasteiger partial charge in [0.05, 0.1) is 33.2 Å². The number of carbonyl (C=O) groups excluding carboxylic acids is 2.